The fourth-order valence-electron chi connectivity index (χ4n) is 4.73. The van der Waals surface area contributed by atoms with Gasteiger partial charge in [0.15, 0.2) is 0 Å². The molecule has 2 nitrogen and oxygen atoms in total. The molecule has 0 bridgehead atoms. The average Bonchev–Trinajstić information content (AvgIpc) is 2.64. The molecule has 0 aromatic rings. The summed E-state index contributed by atoms with van der Waals surface area (Å²) in [5.74, 6) is 2.03. The number of hydrogen-bond acceptors (Lipinski definition) is 2. The maximum Gasteiger partial charge on any atom is 0.0252 e. The van der Waals surface area contributed by atoms with Crippen LogP contribution in [0.2, 0.25) is 0 Å². The molecular weight excluding hydrogens is 220 g/mol. The summed E-state index contributed by atoms with van der Waals surface area (Å²) in [4.78, 5) is 2.76. The third-order valence-corrected chi connectivity index (χ3v) is 6.19. The summed E-state index contributed by atoms with van der Waals surface area (Å²) in [6, 6.07) is 1.06. The van der Waals surface area contributed by atoms with Gasteiger partial charge in [0.2, 0.25) is 0 Å². The smallest absolute Gasteiger partial charge is 0.0252 e. The molecule has 2 aliphatic carbocycles. The van der Waals surface area contributed by atoms with Crippen LogP contribution in [0.4, 0.5) is 0 Å². The number of rotatable bonds is 1. The maximum absolute atomic E-state index is 6.51. The molecule has 1 saturated heterocycles. The lowest BCUT2D eigenvalue weighted by molar-refractivity contribution is 0.0488. The summed E-state index contributed by atoms with van der Waals surface area (Å²) < 4.78 is 0. The number of likely N-dealkylation sites (tertiary alicyclic amines) is 1. The fourth-order valence-corrected chi connectivity index (χ4v) is 4.73. The molecule has 18 heavy (non-hydrogen) atoms. The van der Waals surface area contributed by atoms with E-state index in [1.54, 1.807) is 0 Å². The quantitative estimate of drug-likeness (QED) is 0.775. The Morgan fingerprint density at radius 2 is 1.72 bits per heavy atom. The van der Waals surface area contributed by atoms with Crippen molar-refractivity contribution in [3.05, 3.63) is 0 Å². The van der Waals surface area contributed by atoms with E-state index in [4.69, 9.17) is 5.73 Å². The van der Waals surface area contributed by atoms with Crippen molar-refractivity contribution in [1.29, 1.82) is 0 Å². The van der Waals surface area contributed by atoms with Gasteiger partial charge in [-0.1, -0.05) is 33.1 Å². The fraction of sp³-hybridized carbons (Fsp3) is 1.00. The molecule has 0 aromatic heterocycles. The van der Waals surface area contributed by atoms with Gasteiger partial charge in [-0.05, 0) is 49.5 Å². The lowest BCUT2D eigenvalue weighted by Gasteiger charge is -2.45. The topological polar surface area (TPSA) is 29.3 Å². The van der Waals surface area contributed by atoms with Gasteiger partial charge in [0.1, 0.15) is 0 Å². The standard InChI is InChI=1S/C16H30N2/c1-16(2)9-7-14(15(16)17)18-10-8-12-5-3-4-6-13(12)11-18/h12-15H,3-11,17H2,1-2H3. The van der Waals surface area contributed by atoms with Gasteiger partial charge >= 0.3 is 0 Å². The molecular formula is C16H30N2. The van der Waals surface area contributed by atoms with Gasteiger partial charge in [0.25, 0.3) is 0 Å². The zero-order valence-electron chi connectivity index (χ0n) is 12.2. The Labute approximate surface area is 112 Å². The molecule has 0 radical (unpaired) electrons. The van der Waals surface area contributed by atoms with E-state index >= 15 is 0 Å². The van der Waals surface area contributed by atoms with E-state index in [-0.39, 0.29) is 0 Å². The molecule has 3 fully saturated rings. The zero-order valence-corrected chi connectivity index (χ0v) is 12.2. The van der Waals surface area contributed by atoms with Crippen molar-refractivity contribution in [2.24, 2.45) is 23.0 Å². The zero-order chi connectivity index (χ0) is 12.8. The van der Waals surface area contributed by atoms with Crippen molar-refractivity contribution in [2.45, 2.75) is 70.9 Å². The minimum absolute atomic E-state index is 0.355. The molecule has 2 N–H and O–H groups in total. The first kappa shape index (κ1) is 12.9. The minimum atomic E-state index is 0.355. The first-order valence-electron chi connectivity index (χ1n) is 8.07. The summed E-state index contributed by atoms with van der Waals surface area (Å²) in [7, 11) is 0. The molecule has 2 heteroatoms. The van der Waals surface area contributed by atoms with Gasteiger partial charge in [0, 0.05) is 18.6 Å². The predicted octanol–water partition coefficient (Wildman–Crippen LogP) is 3.01. The van der Waals surface area contributed by atoms with Crippen LogP contribution in [-0.2, 0) is 0 Å². The summed E-state index contributed by atoms with van der Waals surface area (Å²) in [6.07, 6.45) is 10.0. The van der Waals surface area contributed by atoms with Gasteiger partial charge in [-0.15, -0.1) is 0 Å². The van der Waals surface area contributed by atoms with Crippen LogP contribution in [0.5, 0.6) is 0 Å². The SMILES string of the molecule is CC1(C)CCC(N2CCC3CCCCC3C2)C1N. The average molecular weight is 250 g/mol. The normalized spacial score (nSPS) is 44.8. The Hall–Kier alpha value is -0.0800. The monoisotopic (exact) mass is 250 g/mol. The number of nitrogens with zero attached hydrogens (tertiary/aromatic N) is 1. The molecule has 4 atom stereocenters. The summed E-state index contributed by atoms with van der Waals surface area (Å²) >= 11 is 0. The van der Waals surface area contributed by atoms with Crippen LogP contribution in [0.3, 0.4) is 0 Å². The highest BCUT2D eigenvalue weighted by Gasteiger charge is 2.44. The van der Waals surface area contributed by atoms with Crippen molar-refractivity contribution in [2.75, 3.05) is 13.1 Å². The van der Waals surface area contributed by atoms with Gasteiger partial charge in [-0.3, -0.25) is 4.90 Å². The molecule has 0 amide bonds. The number of piperidine rings is 1. The van der Waals surface area contributed by atoms with E-state index in [1.807, 2.05) is 0 Å². The largest absolute Gasteiger partial charge is 0.326 e. The van der Waals surface area contributed by atoms with Gasteiger partial charge in [0.05, 0.1) is 0 Å². The molecule has 3 rings (SSSR count). The Balaban J connectivity index is 1.64. The lowest BCUT2D eigenvalue weighted by Crippen LogP contribution is -2.53. The van der Waals surface area contributed by atoms with E-state index in [0.717, 1.165) is 11.8 Å². The van der Waals surface area contributed by atoms with E-state index in [1.165, 1.54) is 58.0 Å². The first-order valence-corrected chi connectivity index (χ1v) is 8.07. The van der Waals surface area contributed by atoms with Crippen molar-refractivity contribution in [1.82, 2.24) is 4.90 Å². The predicted molar refractivity (Wildman–Crippen MR) is 76.4 cm³/mol. The number of nitrogens with two attached hydrogens (primary N) is 1. The van der Waals surface area contributed by atoms with E-state index in [9.17, 15) is 0 Å². The van der Waals surface area contributed by atoms with Gasteiger partial charge in [-0.2, -0.15) is 0 Å². The number of fused-ring (bicyclic) bond motifs is 1. The van der Waals surface area contributed by atoms with Gasteiger partial charge in [-0.25, -0.2) is 0 Å². The second-order valence-corrected chi connectivity index (χ2v) is 7.71. The van der Waals surface area contributed by atoms with Gasteiger partial charge < -0.3 is 5.73 Å². The van der Waals surface area contributed by atoms with Crippen LogP contribution in [0.15, 0.2) is 0 Å². The summed E-state index contributed by atoms with van der Waals surface area (Å²) in [5, 5.41) is 0. The summed E-state index contributed by atoms with van der Waals surface area (Å²) in [6.45, 7) is 7.37. The van der Waals surface area contributed by atoms with Crippen molar-refractivity contribution >= 4 is 0 Å². The third kappa shape index (κ3) is 2.22. The molecule has 104 valence electrons. The Kier molecular flexibility index (Phi) is 3.44. The molecule has 4 unspecified atom stereocenters. The molecule has 2 saturated carbocycles. The Bertz CT molecular complexity index is 299. The maximum atomic E-state index is 6.51. The lowest BCUT2D eigenvalue weighted by atomic mass is 9.74. The molecule has 3 aliphatic rings. The Morgan fingerprint density at radius 3 is 2.39 bits per heavy atom. The second-order valence-electron chi connectivity index (χ2n) is 7.71. The first-order chi connectivity index (χ1) is 8.58. The van der Waals surface area contributed by atoms with Crippen LogP contribution in [0.1, 0.15) is 58.8 Å². The van der Waals surface area contributed by atoms with E-state index in [0.29, 0.717) is 17.5 Å². The van der Waals surface area contributed by atoms with Crippen LogP contribution < -0.4 is 5.73 Å². The van der Waals surface area contributed by atoms with Crippen LogP contribution in [0.25, 0.3) is 0 Å². The van der Waals surface area contributed by atoms with Crippen molar-refractivity contribution in [3.63, 3.8) is 0 Å². The highest BCUT2D eigenvalue weighted by molar-refractivity contribution is 5.00. The number of hydrogen-bond donors (Lipinski definition) is 1. The van der Waals surface area contributed by atoms with Crippen molar-refractivity contribution in [3.8, 4) is 0 Å². The molecule has 0 spiro atoms. The minimum Gasteiger partial charge on any atom is -0.326 e. The van der Waals surface area contributed by atoms with E-state index in [2.05, 4.69) is 18.7 Å². The van der Waals surface area contributed by atoms with Crippen molar-refractivity contribution < 1.29 is 0 Å². The third-order valence-electron chi connectivity index (χ3n) is 6.19. The molecule has 0 aromatic carbocycles. The highest BCUT2D eigenvalue weighted by Crippen LogP contribution is 2.42. The highest BCUT2D eigenvalue weighted by atomic mass is 15.2. The molecule has 1 aliphatic heterocycles. The second kappa shape index (κ2) is 4.79. The van der Waals surface area contributed by atoms with Crippen LogP contribution in [-0.4, -0.2) is 30.1 Å². The van der Waals surface area contributed by atoms with Crippen LogP contribution >= 0.6 is 0 Å². The molecule has 1 heterocycles. The van der Waals surface area contributed by atoms with E-state index < -0.39 is 0 Å². The Morgan fingerprint density at radius 1 is 1.00 bits per heavy atom. The summed E-state index contributed by atoms with van der Waals surface area (Å²) in [5.41, 5.74) is 6.87. The van der Waals surface area contributed by atoms with Crippen LogP contribution in [0, 0.1) is 17.3 Å².